The van der Waals surface area contributed by atoms with Crippen LogP contribution in [0, 0.1) is 0 Å². The fraction of sp³-hybridized carbons (Fsp3) is 0.350. The molecule has 0 fully saturated rings. The average Bonchev–Trinajstić information content (AvgIpc) is 3.03. The molecule has 1 aliphatic carbocycles. The van der Waals surface area contributed by atoms with Crippen LogP contribution in [-0.4, -0.2) is 11.2 Å². The standard InChI is InChI=1S/C20H23NOS/c1-14(17-12-11-16-7-6-8-18(16)13-17)21-20(22)15(2)23-19-9-4-3-5-10-19/h3-5,9-15H,6-8H2,1-2H3,(H,21,22). The first-order chi connectivity index (χ1) is 11.1. The molecule has 0 aromatic heterocycles. The van der Waals surface area contributed by atoms with Gasteiger partial charge in [-0.15, -0.1) is 11.8 Å². The minimum atomic E-state index is -0.103. The highest BCUT2D eigenvalue weighted by Gasteiger charge is 2.18. The van der Waals surface area contributed by atoms with Gasteiger partial charge in [0.15, 0.2) is 0 Å². The van der Waals surface area contributed by atoms with E-state index >= 15 is 0 Å². The third kappa shape index (κ3) is 3.97. The van der Waals surface area contributed by atoms with E-state index in [1.54, 1.807) is 11.8 Å². The molecule has 0 saturated heterocycles. The Balaban J connectivity index is 1.60. The first kappa shape index (κ1) is 16.1. The Morgan fingerprint density at radius 1 is 1.04 bits per heavy atom. The molecule has 3 heteroatoms. The number of thioether (sulfide) groups is 1. The van der Waals surface area contributed by atoms with Gasteiger partial charge in [0.25, 0.3) is 0 Å². The van der Waals surface area contributed by atoms with Gasteiger partial charge in [-0.3, -0.25) is 4.79 Å². The molecule has 0 spiro atoms. The van der Waals surface area contributed by atoms with Gasteiger partial charge in [0.05, 0.1) is 11.3 Å². The maximum absolute atomic E-state index is 12.4. The molecular weight excluding hydrogens is 302 g/mol. The van der Waals surface area contributed by atoms with Crippen LogP contribution in [0.5, 0.6) is 0 Å². The molecule has 120 valence electrons. The van der Waals surface area contributed by atoms with E-state index in [1.165, 1.54) is 36.0 Å². The van der Waals surface area contributed by atoms with Crippen LogP contribution in [0.25, 0.3) is 0 Å². The van der Waals surface area contributed by atoms with Crippen molar-refractivity contribution in [2.45, 2.75) is 49.3 Å². The van der Waals surface area contributed by atoms with E-state index < -0.39 is 0 Å². The van der Waals surface area contributed by atoms with Gasteiger partial charge in [-0.05, 0) is 61.9 Å². The number of carbonyl (C=O) groups is 1. The molecule has 0 aliphatic heterocycles. The Bertz CT molecular complexity index is 683. The lowest BCUT2D eigenvalue weighted by Gasteiger charge is -2.18. The summed E-state index contributed by atoms with van der Waals surface area (Å²) in [6.07, 6.45) is 3.62. The normalized spacial score (nSPS) is 15.7. The smallest absolute Gasteiger partial charge is 0.233 e. The van der Waals surface area contributed by atoms with Crippen LogP contribution in [0.1, 0.15) is 43.0 Å². The maximum atomic E-state index is 12.4. The predicted octanol–water partition coefficient (Wildman–Crippen LogP) is 4.53. The second-order valence-electron chi connectivity index (χ2n) is 6.19. The van der Waals surface area contributed by atoms with Gasteiger partial charge in [0.1, 0.15) is 0 Å². The van der Waals surface area contributed by atoms with E-state index in [0.717, 1.165) is 4.90 Å². The van der Waals surface area contributed by atoms with Gasteiger partial charge < -0.3 is 5.32 Å². The summed E-state index contributed by atoms with van der Waals surface area (Å²) in [6, 6.07) is 16.8. The fourth-order valence-electron chi connectivity index (χ4n) is 3.03. The lowest BCUT2D eigenvalue weighted by molar-refractivity contribution is -0.120. The number of rotatable bonds is 5. The molecule has 0 heterocycles. The Morgan fingerprint density at radius 2 is 1.78 bits per heavy atom. The van der Waals surface area contributed by atoms with E-state index in [1.807, 2.05) is 37.3 Å². The largest absolute Gasteiger partial charge is 0.349 e. The van der Waals surface area contributed by atoms with E-state index in [2.05, 4.69) is 30.4 Å². The first-order valence-electron chi connectivity index (χ1n) is 8.27. The van der Waals surface area contributed by atoms with Gasteiger partial charge in [0.2, 0.25) is 5.91 Å². The number of benzene rings is 2. The highest BCUT2D eigenvalue weighted by atomic mass is 32.2. The van der Waals surface area contributed by atoms with Crippen LogP contribution in [0.4, 0.5) is 0 Å². The minimum absolute atomic E-state index is 0.0484. The van der Waals surface area contributed by atoms with Crippen molar-refractivity contribution in [3.8, 4) is 0 Å². The number of hydrogen-bond acceptors (Lipinski definition) is 2. The van der Waals surface area contributed by atoms with E-state index in [9.17, 15) is 4.79 Å². The number of hydrogen-bond donors (Lipinski definition) is 1. The monoisotopic (exact) mass is 325 g/mol. The maximum Gasteiger partial charge on any atom is 0.233 e. The first-order valence-corrected chi connectivity index (χ1v) is 9.15. The quantitative estimate of drug-likeness (QED) is 0.818. The Kier molecular flexibility index (Phi) is 5.06. The van der Waals surface area contributed by atoms with Crippen LogP contribution in [0.3, 0.4) is 0 Å². The van der Waals surface area contributed by atoms with Gasteiger partial charge in [0, 0.05) is 4.90 Å². The SMILES string of the molecule is CC(Sc1ccccc1)C(=O)NC(C)c1ccc2c(c1)CCC2. The highest BCUT2D eigenvalue weighted by molar-refractivity contribution is 8.00. The minimum Gasteiger partial charge on any atom is -0.349 e. The number of fused-ring (bicyclic) bond motifs is 1. The van der Waals surface area contributed by atoms with Gasteiger partial charge in [-0.2, -0.15) is 0 Å². The van der Waals surface area contributed by atoms with E-state index in [4.69, 9.17) is 0 Å². The highest BCUT2D eigenvalue weighted by Crippen LogP contribution is 2.26. The third-order valence-corrected chi connectivity index (χ3v) is 5.52. The summed E-state index contributed by atoms with van der Waals surface area (Å²) in [6.45, 7) is 4.02. The predicted molar refractivity (Wildman–Crippen MR) is 96.8 cm³/mol. The van der Waals surface area contributed by atoms with Crippen molar-refractivity contribution in [1.29, 1.82) is 0 Å². The number of nitrogens with one attached hydrogen (secondary N) is 1. The number of amides is 1. The second kappa shape index (κ2) is 7.22. The Morgan fingerprint density at radius 3 is 2.57 bits per heavy atom. The molecule has 0 radical (unpaired) electrons. The van der Waals surface area contributed by atoms with Crippen molar-refractivity contribution in [3.63, 3.8) is 0 Å². The van der Waals surface area contributed by atoms with Crippen LogP contribution < -0.4 is 5.32 Å². The molecule has 1 amide bonds. The zero-order chi connectivity index (χ0) is 16.2. The summed E-state index contributed by atoms with van der Waals surface area (Å²) in [5.41, 5.74) is 4.13. The molecular formula is C20H23NOS. The van der Waals surface area contributed by atoms with Gasteiger partial charge in [-0.25, -0.2) is 0 Å². The van der Waals surface area contributed by atoms with Gasteiger partial charge >= 0.3 is 0 Å². The molecule has 2 atom stereocenters. The van der Waals surface area contributed by atoms with Crippen LogP contribution in [0.15, 0.2) is 53.4 Å². The molecule has 1 aliphatic rings. The summed E-state index contributed by atoms with van der Waals surface area (Å²) in [5.74, 6) is 0.0897. The molecule has 0 saturated carbocycles. The summed E-state index contributed by atoms with van der Waals surface area (Å²) in [7, 11) is 0. The second-order valence-corrected chi connectivity index (χ2v) is 7.60. The van der Waals surface area contributed by atoms with Crippen LogP contribution >= 0.6 is 11.8 Å². The molecule has 0 bridgehead atoms. The Labute approximate surface area is 142 Å². The van der Waals surface area contributed by atoms with E-state index in [0.29, 0.717) is 0 Å². The molecule has 1 N–H and O–H groups in total. The molecule has 3 rings (SSSR count). The van der Waals surface area contributed by atoms with Crippen molar-refractivity contribution in [2.75, 3.05) is 0 Å². The zero-order valence-corrected chi connectivity index (χ0v) is 14.5. The van der Waals surface area contributed by atoms with Crippen LogP contribution in [-0.2, 0) is 17.6 Å². The third-order valence-electron chi connectivity index (χ3n) is 4.41. The summed E-state index contributed by atoms with van der Waals surface area (Å²) < 4.78 is 0. The van der Waals surface area contributed by atoms with Crippen molar-refractivity contribution < 1.29 is 4.79 Å². The topological polar surface area (TPSA) is 29.1 Å². The average molecular weight is 325 g/mol. The summed E-state index contributed by atoms with van der Waals surface area (Å²) >= 11 is 1.60. The van der Waals surface area contributed by atoms with E-state index in [-0.39, 0.29) is 17.2 Å². The van der Waals surface area contributed by atoms with Crippen molar-refractivity contribution in [3.05, 3.63) is 65.2 Å². The molecule has 2 nitrogen and oxygen atoms in total. The van der Waals surface area contributed by atoms with Gasteiger partial charge in [-0.1, -0.05) is 36.4 Å². The van der Waals surface area contributed by atoms with Crippen molar-refractivity contribution in [1.82, 2.24) is 5.32 Å². The van der Waals surface area contributed by atoms with Crippen molar-refractivity contribution in [2.24, 2.45) is 0 Å². The Hall–Kier alpha value is -1.74. The number of aryl methyl sites for hydroxylation is 2. The lowest BCUT2D eigenvalue weighted by Crippen LogP contribution is -2.33. The fourth-order valence-corrected chi connectivity index (χ4v) is 3.93. The summed E-state index contributed by atoms with van der Waals surface area (Å²) in [4.78, 5) is 13.6. The molecule has 2 unspecified atom stereocenters. The van der Waals surface area contributed by atoms with Crippen LogP contribution in [0.2, 0.25) is 0 Å². The molecule has 2 aromatic rings. The molecule has 23 heavy (non-hydrogen) atoms. The zero-order valence-electron chi connectivity index (χ0n) is 13.7. The summed E-state index contributed by atoms with van der Waals surface area (Å²) in [5, 5.41) is 3.05. The molecule has 2 aromatic carbocycles. The number of carbonyl (C=O) groups excluding carboxylic acids is 1. The van der Waals surface area contributed by atoms with Crippen molar-refractivity contribution >= 4 is 17.7 Å². The lowest BCUT2D eigenvalue weighted by atomic mass is 10.0.